The number of hydrogen-bond donors (Lipinski definition) is 1. The topological polar surface area (TPSA) is 71.4 Å². The molecule has 0 aromatic carbocycles. The van der Waals surface area contributed by atoms with Gasteiger partial charge in [0.15, 0.2) is 0 Å². The van der Waals surface area contributed by atoms with Crippen molar-refractivity contribution in [3.63, 3.8) is 0 Å². The smallest absolute Gasteiger partial charge is 0.314 e. The first kappa shape index (κ1) is 10.8. The number of carbonyl (C=O) groups is 3. The Morgan fingerprint density at radius 3 is 1.58 bits per heavy atom. The van der Waals surface area contributed by atoms with Gasteiger partial charge in [-0.1, -0.05) is 6.92 Å². The lowest BCUT2D eigenvalue weighted by molar-refractivity contribution is -0.150. The van der Waals surface area contributed by atoms with Crippen molar-refractivity contribution in [2.75, 3.05) is 0 Å². The predicted molar refractivity (Wildman–Crippen MR) is 41.7 cm³/mol. The van der Waals surface area contributed by atoms with Crippen LogP contribution in [0.25, 0.3) is 0 Å². The molecule has 0 amide bonds. The summed E-state index contributed by atoms with van der Waals surface area (Å²) in [6, 6.07) is 0. The molecule has 0 heterocycles. The molecular weight excluding hydrogens is 160 g/mol. The Balaban J connectivity index is 4.63. The molecule has 0 rings (SSSR count). The zero-order chi connectivity index (χ0) is 9.89. The number of aliphatic carboxylic acids is 1. The molecule has 0 aliphatic rings. The third-order valence-electron chi connectivity index (χ3n) is 1.85. The first-order valence-corrected chi connectivity index (χ1v) is 3.61. The van der Waals surface area contributed by atoms with Crippen LogP contribution >= 0.6 is 0 Å². The lowest BCUT2D eigenvalue weighted by Crippen LogP contribution is -2.31. The second kappa shape index (κ2) is 3.99. The molecule has 0 radical (unpaired) electrons. The summed E-state index contributed by atoms with van der Waals surface area (Å²) in [6.07, 6.45) is 0. The number of Topliss-reactive ketones (excluding diaryl/α,β-unsaturated/α-hetero) is 2. The fourth-order valence-corrected chi connectivity index (χ4v) is 0.975. The number of ketones is 2. The minimum absolute atomic E-state index is 0.280. The molecule has 0 aromatic heterocycles. The highest BCUT2D eigenvalue weighted by atomic mass is 16.4. The average molecular weight is 172 g/mol. The maximum atomic E-state index is 10.8. The summed E-state index contributed by atoms with van der Waals surface area (Å²) in [5.74, 6) is -3.92. The molecule has 0 bridgehead atoms. The fourth-order valence-electron chi connectivity index (χ4n) is 0.975. The quantitative estimate of drug-likeness (QED) is 0.627. The van der Waals surface area contributed by atoms with E-state index in [0.717, 1.165) is 0 Å². The maximum Gasteiger partial charge on any atom is 0.314 e. The van der Waals surface area contributed by atoms with Crippen LogP contribution in [0.2, 0.25) is 0 Å². The van der Waals surface area contributed by atoms with E-state index < -0.39 is 23.6 Å². The van der Waals surface area contributed by atoms with Gasteiger partial charge in [0.25, 0.3) is 0 Å². The normalized spacial score (nSPS) is 14.9. The van der Waals surface area contributed by atoms with E-state index in [1.54, 1.807) is 0 Å². The van der Waals surface area contributed by atoms with Crippen LogP contribution in [-0.2, 0) is 14.4 Å². The van der Waals surface area contributed by atoms with Crippen LogP contribution in [0.4, 0.5) is 0 Å². The Morgan fingerprint density at radius 1 is 1.08 bits per heavy atom. The van der Waals surface area contributed by atoms with E-state index in [1.807, 2.05) is 0 Å². The van der Waals surface area contributed by atoms with Gasteiger partial charge in [-0.25, -0.2) is 0 Å². The first-order valence-electron chi connectivity index (χ1n) is 3.61. The zero-order valence-electron chi connectivity index (χ0n) is 7.33. The van der Waals surface area contributed by atoms with Crippen molar-refractivity contribution in [1.29, 1.82) is 0 Å². The van der Waals surface area contributed by atoms with Gasteiger partial charge in [-0.05, 0) is 13.8 Å². The van der Waals surface area contributed by atoms with Crippen LogP contribution < -0.4 is 0 Å². The van der Waals surface area contributed by atoms with E-state index in [4.69, 9.17) is 5.11 Å². The van der Waals surface area contributed by atoms with Crippen molar-refractivity contribution in [2.45, 2.75) is 20.8 Å². The van der Waals surface area contributed by atoms with Gasteiger partial charge in [0.05, 0.1) is 0 Å². The van der Waals surface area contributed by atoms with E-state index in [2.05, 4.69) is 0 Å². The SMILES string of the molecule is CC(=O)C(C)C(C(C)=O)C(=O)O. The summed E-state index contributed by atoms with van der Waals surface area (Å²) in [7, 11) is 0. The lowest BCUT2D eigenvalue weighted by atomic mass is 9.88. The highest BCUT2D eigenvalue weighted by molar-refractivity contribution is 6.01. The third-order valence-corrected chi connectivity index (χ3v) is 1.85. The predicted octanol–water partition coefficient (Wildman–Crippen LogP) is 0.501. The number of hydrogen-bond acceptors (Lipinski definition) is 3. The van der Waals surface area contributed by atoms with Gasteiger partial charge in [-0.2, -0.15) is 0 Å². The lowest BCUT2D eigenvalue weighted by Gasteiger charge is -2.13. The number of carbonyl (C=O) groups excluding carboxylic acids is 2. The second-order valence-corrected chi connectivity index (χ2v) is 2.83. The van der Waals surface area contributed by atoms with Crippen LogP contribution in [0, 0.1) is 11.8 Å². The molecular formula is C8H12O4. The molecule has 1 N–H and O–H groups in total. The highest BCUT2D eigenvalue weighted by Gasteiger charge is 2.31. The summed E-state index contributed by atoms with van der Waals surface area (Å²) in [5, 5.41) is 8.59. The molecule has 0 aliphatic carbocycles. The Hall–Kier alpha value is -1.19. The van der Waals surface area contributed by atoms with Crippen molar-refractivity contribution in [1.82, 2.24) is 0 Å². The molecule has 4 nitrogen and oxygen atoms in total. The molecule has 0 saturated heterocycles. The molecule has 0 spiro atoms. The number of carboxylic acid groups (broad SMARTS) is 1. The minimum atomic E-state index is -1.23. The van der Waals surface area contributed by atoms with Gasteiger partial charge >= 0.3 is 5.97 Å². The van der Waals surface area contributed by atoms with E-state index in [9.17, 15) is 14.4 Å². The van der Waals surface area contributed by atoms with Crippen molar-refractivity contribution >= 4 is 17.5 Å². The summed E-state index contributed by atoms with van der Waals surface area (Å²) in [6.45, 7) is 3.91. The van der Waals surface area contributed by atoms with Gasteiger partial charge in [0.2, 0.25) is 0 Å². The van der Waals surface area contributed by atoms with Gasteiger partial charge in [-0.3, -0.25) is 14.4 Å². The van der Waals surface area contributed by atoms with Crippen molar-refractivity contribution in [3.8, 4) is 0 Å². The van der Waals surface area contributed by atoms with Gasteiger partial charge in [0, 0.05) is 5.92 Å². The van der Waals surface area contributed by atoms with Crippen LogP contribution in [0.15, 0.2) is 0 Å². The summed E-state index contributed by atoms with van der Waals surface area (Å²) in [4.78, 5) is 32.1. The van der Waals surface area contributed by atoms with E-state index in [1.165, 1.54) is 20.8 Å². The molecule has 0 aromatic rings. The van der Waals surface area contributed by atoms with Crippen molar-refractivity contribution < 1.29 is 19.5 Å². The molecule has 0 saturated carbocycles. The minimum Gasteiger partial charge on any atom is -0.481 e. The van der Waals surface area contributed by atoms with E-state index >= 15 is 0 Å². The molecule has 2 atom stereocenters. The Morgan fingerprint density at radius 2 is 1.50 bits per heavy atom. The molecule has 4 heteroatoms. The first-order chi connectivity index (χ1) is 5.37. The molecule has 0 aliphatic heterocycles. The van der Waals surface area contributed by atoms with Crippen molar-refractivity contribution in [2.24, 2.45) is 11.8 Å². The van der Waals surface area contributed by atoms with E-state index in [-0.39, 0.29) is 5.78 Å². The Labute approximate surface area is 70.6 Å². The number of carboxylic acids is 1. The Kier molecular flexibility index (Phi) is 3.60. The zero-order valence-corrected chi connectivity index (χ0v) is 7.33. The molecule has 12 heavy (non-hydrogen) atoms. The van der Waals surface area contributed by atoms with E-state index in [0.29, 0.717) is 0 Å². The van der Waals surface area contributed by atoms with Crippen LogP contribution in [0.1, 0.15) is 20.8 Å². The average Bonchev–Trinajstić information content (AvgIpc) is 1.85. The third kappa shape index (κ3) is 2.45. The van der Waals surface area contributed by atoms with Crippen molar-refractivity contribution in [3.05, 3.63) is 0 Å². The summed E-state index contributed by atoms with van der Waals surface area (Å²) >= 11 is 0. The molecule has 2 unspecified atom stereocenters. The standard InChI is InChI=1S/C8H12O4/c1-4(5(2)9)7(6(3)10)8(11)12/h4,7H,1-3H3,(H,11,12). The largest absolute Gasteiger partial charge is 0.481 e. The monoisotopic (exact) mass is 172 g/mol. The van der Waals surface area contributed by atoms with Gasteiger partial charge in [0.1, 0.15) is 17.5 Å². The van der Waals surface area contributed by atoms with Gasteiger partial charge < -0.3 is 5.11 Å². The van der Waals surface area contributed by atoms with Gasteiger partial charge in [-0.15, -0.1) is 0 Å². The fraction of sp³-hybridized carbons (Fsp3) is 0.625. The summed E-state index contributed by atoms with van der Waals surface area (Å²) in [5.41, 5.74) is 0. The van der Waals surface area contributed by atoms with Crippen LogP contribution in [0.3, 0.4) is 0 Å². The number of rotatable bonds is 4. The highest BCUT2D eigenvalue weighted by Crippen LogP contribution is 2.13. The molecule has 68 valence electrons. The second-order valence-electron chi connectivity index (χ2n) is 2.83. The van der Waals surface area contributed by atoms with Crippen LogP contribution in [-0.4, -0.2) is 22.6 Å². The van der Waals surface area contributed by atoms with Crippen LogP contribution in [0.5, 0.6) is 0 Å². The Bertz CT molecular complexity index is 205. The molecule has 0 fully saturated rings. The summed E-state index contributed by atoms with van der Waals surface area (Å²) < 4.78 is 0. The maximum absolute atomic E-state index is 10.8.